The van der Waals surface area contributed by atoms with Gasteiger partial charge in [0.15, 0.2) is 0 Å². The number of hydrogen-bond donors (Lipinski definition) is 3. The Kier molecular flexibility index (Phi) is 9.32. The van der Waals surface area contributed by atoms with Gasteiger partial charge in [0.2, 0.25) is 11.8 Å². The average molecular weight is 491 g/mol. The molecule has 0 saturated carbocycles. The third-order valence-electron chi connectivity index (χ3n) is 7.11. The maximum atomic E-state index is 12.2. The third kappa shape index (κ3) is 7.74. The Morgan fingerprint density at radius 1 is 1.23 bits per heavy atom. The van der Waals surface area contributed by atoms with Crippen LogP contribution in [0.2, 0.25) is 0 Å². The molecule has 0 aromatic rings. The zero-order valence-corrected chi connectivity index (χ0v) is 21.6. The lowest BCUT2D eigenvalue weighted by atomic mass is 9.87. The van der Waals surface area contributed by atoms with Crippen LogP contribution in [0.25, 0.3) is 0 Å². The number of rotatable bonds is 9. The van der Waals surface area contributed by atoms with Crippen molar-refractivity contribution in [2.24, 2.45) is 17.6 Å². The zero-order chi connectivity index (χ0) is 25.8. The van der Waals surface area contributed by atoms with Gasteiger partial charge in [-0.1, -0.05) is 50.6 Å². The van der Waals surface area contributed by atoms with Crippen molar-refractivity contribution in [1.82, 2.24) is 5.32 Å². The normalized spacial score (nSPS) is 37.9. The van der Waals surface area contributed by atoms with Crippen LogP contribution >= 0.6 is 0 Å². The molecule has 3 heterocycles. The zero-order valence-electron chi connectivity index (χ0n) is 21.6. The minimum Gasteiger partial charge on any atom is -0.387 e. The number of carbonyl (C=O) groups is 2. The highest BCUT2D eigenvalue weighted by molar-refractivity contribution is 5.87. The summed E-state index contributed by atoms with van der Waals surface area (Å²) in [5, 5.41) is 13.8. The van der Waals surface area contributed by atoms with Gasteiger partial charge >= 0.3 is 0 Å². The highest BCUT2D eigenvalue weighted by Gasteiger charge is 2.58. The molecule has 8 heteroatoms. The predicted octanol–water partition coefficient (Wildman–Crippen LogP) is 2.55. The van der Waals surface area contributed by atoms with Crippen molar-refractivity contribution < 1.29 is 28.9 Å². The number of primary amides is 1. The minimum absolute atomic E-state index is 0.00853. The van der Waals surface area contributed by atoms with E-state index < -0.39 is 23.7 Å². The number of hydrogen-bond acceptors (Lipinski definition) is 6. The Labute approximate surface area is 208 Å². The van der Waals surface area contributed by atoms with Crippen molar-refractivity contribution in [1.29, 1.82) is 0 Å². The van der Waals surface area contributed by atoms with Crippen molar-refractivity contribution in [2.45, 2.75) is 102 Å². The van der Waals surface area contributed by atoms with Crippen LogP contribution in [0.3, 0.4) is 0 Å². The van der Waals surface area contributed by atoms with E-state index in [1.807, 2.05) is 45.9 Å². The molecule has 3 aliphatic rings. The van der Waals surface area contributed by atoms with E-state index in [9.17, 15) is 14.7 Å². The lowest BCUT2D eigenvalue weighted by Gasteiger charge is -2.39. The lowest BCUT2D eigenvalue weighted by molar-refractivity contribution is -0.143. The summed E-state index contributed by atoms with van der Waals surface area (Å²) in [6.45, 7) is 10.7. The van der Waals surface area contributed by atoms with E-state index in [1.165, 1.54) is 0 Å². The molecule has 0 unspecified atom stereocenters. The fourth-order valence-corrected chi connectivity index (χ4v) is 4.87. The van der Waals surface area contributed by atoms with E-state index in [2.05, 4.69) is 18.3 Å². The van der Waals surface area contributed by atoms with Crippen LogP contribution in [0.1, 0.15) is 60.3 Å². The summed E-state index contributed by atoms with van der Waals surface area (Å²) in [5.74, 6) is 0.129. The molecule has 4 N–H and O–H groups in total. The first-order valence-corrected chi connectivity index (χ1v) is 12.7. The van der Waals surface area contributed by atoms with Gasteiger partial charge in [-0.05, 0) is 44.6 Å². The highest BCUT2D eigenvalue weighted by Crippen LogP contribution is 2.43. The molecule has 3 aliphatic heterocycles. The maximum Gasteiger partial charge on any atom is 0.243 e. The first-order chi connectivity index (χ1) is 16.5. The van der Waals surface area contributed by atoms with E-state index in [-0.39, 0.29) is 36.7 Å². The average Bonchev–Trinajstić information content (AvgIpc) is 3.54. The topological polar surface area (TPSA) is 123 Å². The summed E-state index contributed by atoms with van der Waals surface area (Å²) in [5.41, 5.74) is 5.74. The van der Waals surface area contributed by atoms with Crippen LogP contribution < -0.4 is 11.1 Å². The second kappa shape index (κ2) is 11.8. The van der Waals surface area contributed by atoms with E-state index in [1.54, 1.807) is 6.08 Å². The number of nitrogens with one attached hydrogen (secondary N) is 1. The second-order valence-electron chi connectivity index (χ2n) is 10.7. The summed E-state index contributed by atoms with van der Waals surface area (Å²) in [6.07, 6.45) is 9.87. The number of ether oxygens (including phenoxy) is 3. The molecule has 0 aliphatic carbocycles. The molecular weight excluding hydrogens is 448 g/mol. The Morgan fingerprint density at radius 3 is 2.57 bits per heavy atom. The molecular formula is C27H42N2O6. The number of allylic oxidation sites excluding steroid dienone is 3. The Bertz CT molecular complexity index is 847. The number of carbonyl (C=O) groups excluding carboxylic acids is 2. The van der Waals surface area contributed by atoms with Crippen LogP contribution in [-0.2, 0) is 23.8 Å². The molecule has 1 spiro atoms. The molecule has 196 valence electrons. The number of aliphatic hydroxyl groups is 1. The van der Waals surface area contributed by atoms with Crippen LogP contribution in [0.5, 0.6) is 0 Å². The summed E-state index contributed by atoms with van der Waals surface area (Å²) >= 11 is 0. The SMILES string of the molecule is CC(/C=C/[C@H]1O[C@H](CC(N)=O)C[C@@]2(CO2)[C@@H]1O)=C\C[C@@H]1O[C@H](C)[C@H](NC(=O)/C=C\C(C)C)C[C@@H]1C. The number of epoxide rings is 1. The molecule has 0 bridgehead atoms. The Morgan fingerprint density at radius 2 is 1.94 bits per heavy atom. The van der Waals surface area contributed by atoms with Gasteiger partial charge in [-0.2, -0.15) is 0 Å². The Hall–Kier alpha value is -2.00. The van der Waals surface area contributed by atoms with Gasteiger partial charge in [-0.15, -0.1) is 0 Å². The van der Waals surface area contributed by atoms with Gasteiger partial charge in [0, 0.05) is 6.42 Å². The molecule has 8 atom stereocenters. The molecule has 0 aromatic carbocycles. The van der Waals surface area contributed by atoms with Crippen LogP contribution in [0, 0.1) is 11.8 Å². The van der Waals surface area contributed by atoms with Crippen LogP contribution in [-0.4, -0.2) is 65.7 Å². The largest absolute Gasteiger partial charge is 0.387 e. The monoisotopic (exact) mass is 490 g/mol. The summed E-state index contributed by atoms with van der Waals surface area (Å²) < 4.78 is 17.7. The van der Waals surface area contributed by atoms with E-state index >= 15 is 0 Å². The van der Waals surface area contributed by atoms with Gasteiger partial charge in [0.1, 0.15) is 17.8 Å². The van der Waals surface area contributed by atoms with Crippen molar-refractivity contribution in [2.75, 3.05) is 6.61 Å². The van der Waals surface area contributed by atoms with Crippen molar-refractivity contribution in [3.05, 3.63) is 36.0 Å². The molecule has 0 radical (unpaired) electrons. The van der Waals surface area contributed by atoms with Crippen molar-refractivity contribution >= 4 is 11.8 Å². The fraction of sp³-hybridized carbons (Fsp3) is 0.704. The quantitative estimate of drug-likeness (QED) is 0.259. The second-order valence-corrected chi connectivity index (χ2v) is 10.7. The maximum absolute atomic E-state index is 12.2. The number of amides is 2. The smallest absolute Gasteiger partial charge is 0.243 e. The summed E-state index contributed by atoms with van der Waals surface area (Å²) in [4.78, 5) is 23.5. The van der Waals surface area contributed by atoms with Gasteiger partial charge in [-0.3, -0.25) is 9.59 Å². The molecule has 3 fully saturated rings. The van der Waals surface area contributed by atoms with Crippen molar-refractivity contribution in [3.8, 4) is 0 Å². The van der Waals surface area contributed by atoms with Gasteiger partial charge in [0.25, 0.3) is 0 Å². The first kappa shape index (κ1) is 27.6. The molecule has 3 saturated heterocycles. The summed E-state index contributed by atoms with van der Waals surface area (Å²) in [6, 6.07) is -0.00853. The summed E-state index contributed by atoms with van der Waals surface area (Å²) in [7, 11) is 0. The van der Waals surface area contributed by atoms with E-state index in [0.29, 0.717) is 24.9 Å². The van der Waals surface area contributed by atoms with Crippen LogP contribution in [0.4, 0.5) is 0 Å². The van der Waals surface area contributed by atoms with Gasteiger partial charge in [0.05, 0.1) is 37.4 Å². The molecule has 35 heavy (non-hydrogen) atoms. The predicted molar refractivity (Wildman–Crippen MR) is 133 cm³/mol. The molecule has 3 rings (SSSR count). The molecule has 8 nitrogen and oxygen atoms in total. The number of nitrogens with two attached hydrogens (primary N) is 1. The number of aliphatic hydroxyl groups excluding tert-OH is 1. The fourth-order valence-electron chi connectivity index (χ4n) is 4.87. The van der Waals surface area contributed by atoms with Crippen LogP contribution in [0.15, 0.2) is 36.0 Å². The van der Waals surface area contributed by atoms with Gasteiger partial charge in [-0.25, -0.2) is 0 Å². The lowest BCUT2D eigenvalue weighted by Crippen LogP contribution is -2.50. The highest BCUT2D eigenvalue weighted by atomic mass is 16.6. The third-order valence-corrected chi connectivity index (χ3v) is 7.11. The minimum atomic E-state index is -0.777. The molecule has 0 aromatic heterocycles. The van der Waals surface area contributed by atoms with E-state index in [4.69, 9.17) is 19.9 Å². The molecule has 2 amide bonds. The van der Waals surface area contributed by atoms with Crippen molar-refractivity contribution in [3.63, 3.8) is 0 Å². The standard InChI is InChI=1S/C27H42N2O6/c1-16(2)6-11-25(31)29-21-12-18(4)22(34-19(21)5)9-7-17(3)8-10-23-26(32)27(15-33-27)14-20(35-23)13-24(28)30/h6-8,10-11,16,18-23,26,32H,9,12-15H2,1-5H3,(H2,28,30)(H,29,31)/b10-8+,11-6-,17-7+/t18-,19+,20+,21+,22-,23+,26+,27+/m0/s1. The first-order valence-electron chi connectivity index (χ1n) is 12.7. The van der Waals surface area contributed by atoms with Gasteiger partial charge < -0.3 is 30.4 Å². The Balaban J connectivity index is 1.52. The van der Waals surface area contributed by atoms with E-state index in [0.717, 1.165) is 18.4 Å².